The van der Waals surface area contributed by atoms with Gasteiger partial charge < -0.3 is 9.84 Å². The minimum absolute atomic E-state index is 0.154. The fraction of sp³-hybridized carbons (Fsp3) is 0.375. The van der Waals surface area contributed by atoms with Crippen LogP contribution in [-0.4, -0.2) is 31.8 Å². The molecule has 6 nitrogen and oxygen atoms in total. The summed E-state index contributed by atoms with van der Waals surface area (Å²) in [5.74, 6) is 0.902. The third kappa shape index (κ3) is 1.89. The second kappa shape index (κ2) is 4.05. The molecule has 0 spiro atoms. The van der Waals surface area contributed by atoms with Gasteiger partial charge in [-0.1, -0.05) is 12.6 Å². The van der Waals surface area contributed by atoms with Crippen molar-refractivity contribution in [3.05, 3.63) is 17.6 Å². The van der Waals surface area contributed by atoms with Crippen LogP contribution < -0.4 is 0 Å². The molecule has 0 aliphatic rings. The van der Waals surface area contributed by atoms with E-state index in [-0.39, 0.29) is 6.61 Å². The lowest BCUT2D eigenvalue weighted by Crippen LogP contribution is -2.01. The number of aliphatic hydroxyl groups excluding tert-OH is 1. The quantitative estimate of drug-likeness (QED) is 0.761. The predicted octanol–water partition coefficient (Wildman–Crippen LogP) is 0.319. The zero-order chi connectivity index (χ0) is 10.8. The summed E-state index contributed by atoms with van der Waals surface area (Å²) in [5, 5.41) is 13.6. The van der Waals surface area contributed by atoms with E-state index < -0.39 is 0 Å². The molecule has 0 aromatic carbocycles. The average molecular weight is 225 g/mol. The lowest BCUT2D eigenvalue weighted by molar-refractivity contribution is 0.178. The zero-order valence-electron chi connectivity index (χ0n) is 8.04. The third-order valence-electron chi connectivity index (χ3n) is 1.84. The van der Waals surface area contributed by atoms with Crippen molar-refractivity contribution in [1.29, 1.82) is 0 Å². The Morgan fingerprint density at radius 3 is 3.00 bits per heavy atom. The van der Waals surface area contributed by atoms with Crippen LogP contribution in [0.5, 0.6) is 0 Å². The van der Waals surface area contributed by atoms with Crippen molar-refractivity contribution in [2.24, 2.45) is 0 Å². The Kier molecular flexibility index (Phi) is 2.76. The van der Waals surface area contributed by atoms with Gasteiger partial charge in [-0.15, -0.1) is 5.10 Å². The summed E-state index contributed by atoms with van der Waals surface area (Å²) in [7, 11) is 1.56. The monoisotopic (exact) mass is 225 g/mol. The molecule has 1 radical (unpaired) electrons. The predicted molar refractivity (Wildman–Crippen MR) is 53.3 cm³/mol. The smallest absolute Gasteiger partial charge is 0.254 e. The number of methoxy groups -OCH3 is 1. The highest BCUT2D eigenvalue weighted by Crippen LogP contribution is 2.09. The third-order valence-corrected chi connectivity index (χ3v) is 2.05. The molecule has 0 unspecified atom stereocenters. The van der Waals surface area contributed by atoms with E-state index in [1.54, 1.807) is 13.2 Å². The van der Waals surface area contributed by atoms with E-state index in [4.69, 9.17) is 22.5 Å². The van der Waals surface area contributed by atoms with Crippen LogP contribution in [0.1, 0.15) is 11.5 Å². The van der Waals surface area contributed by atoms with Crippen LogP contribution in [0, 0.1) is 0 Å². The highest BCUT2D eigenvalue weighted by molar-refractivity contribution is 7.80. The van der Waals surface area contributed by atoms with E-state index in [1.165, 1.54) is 4.52 Å². The molecule has 0 saturated carbocycles. The normalized spacial score (nSPS) is 11.1. The maximum Gasteiger partial charge on any atom is 0.254 e. The molecule has 2 rings (SSSR count). The van der Waals surface area contributed by atoms with Gasteiger partial charge in [-0.2, -0.15) is 14.5 Å². The van der Waals surface area contributed by atoms with Crippen LogP contribution in [0.4, 0.5) is 0 Å². The first-order chi connectivity index (χ1) is 7.24. The van der Waals surface area contributed by atoms with Crippen LogP contribution in [0.3, 0.4) is 0 Å². The van der Waals surface area contributed by atoms with Gasteiger partial charge in [0.15, 0.2) is 5.82 Å². The van der Waals surface area contributed by atoms with Crippen LogP contribution in [0.25, 0.3) is 5.78 Å². The molecule has 0 amide bonds. The molecule has 0 saturated heterocycles. The molecule has 0 aliphatic carbocycles. The lowest BCUT2D eigenvalue weighted by atomic mass is 10.4. The molecule has 79 valence electrons. The van der Waals surface area contributed by atoms with E-state index >= 15 is 0 Å². The van der Waals surface area contributed by atoms with Gasteiger partial charge >= 0.3 is 0 Å². The van der Waals surface area contributed by atoms with Crippen molar-refractivity contribution in [3.63, 3.8) is 0 Å². The van der Waals surface area contributed by atoms with E-state index in [0.29, 0.717) is 28.9 Å². The number of aromatic nitrogens is 4. The lowest BCUT2D eigenvalue weighted by Gasteiger charge is -1.99. The molecule has 7 heteroatoms. The van der Waals surface area contributed by atoms with Gasteiger partial charge in [0.1, 0.15) is 11.6 Å². The zero-order valence-corrected chi connectivity index (χ0v) is 8.86. The molecule has 0 aliphatic heterocycles. The van der Waals surface area contributed by atoms with E-state index in [0.717, 1.165) is 0 Å². The summed E-state index contributed by atoms with van der Waals surface area (Å²) in [5.41, 5.74) is 0.569. The summed E-state index contributed by atoms with van der Waals surface area (Å²) in [6.45, 7) is 0.152. The Bertz CT molecular complexity index is 485. The van der Waals surface area contributed by atoms with Crippen molar-refractivity contribution in [1.82, 2.24) is 19.6 Å². The first kappa shape index (κ1) is 10.2. The highest BCUT2D eigenvalue weighted by Gasteiger charge is 2.09. The van der Waals surface area contributed by atoms with Crippen molar-refractivity contribution in [2.75, 3.05) is 7.11 Å². The number of aliphatic hydroxyl groups is 1. The van der Waals surface area contributed by atoms with Crippen LogP contribution in [0.2, 0.25) is 0 Å². The molecular formula is C8H9N4O2S. The maximum absolute atomic E-state index is 9.11. The van der Waals surface area contributed by atoms with Crippen molar-refractivity contribution in [3.8, 4) is 0 Å². The van der Waals surface area contributed by atoms with Gasteiger partial charge in [-0.25, -0.2) is 0 Å². The minimum Gasteiger partial charge on any atom is -0.390 e. The largest absolute Gasteiger partial charge is 0.390 e. The molecule has 0 bridgehead atoms. The summed E-state index contributed by atoms with van der Waals surface area (Å²) < 4.78 is 6.37. The van der Waals surface area contributed by atoms with Gasteiger partial charge in [0.2, 0.25) is 0 Å². The molecule has 0 fully saturated rings. The molecule has 1 N–H and O–H groups in total. The molecule has 15 heavy (non-hydrogen) atoms. The van der Waals surface area contributed by atoms with Gasteiger partial charge in [0.25, 0.3) is 5.78 Å². The number of ether oxygens (including phenoxy) is 1. The second-order valence-corrected chi connectivity index (χ2v) is 3.33. The minimum atomic E-state index is -0.154. The van der Waals surface area contributed by atoms with E-state index in [1.807, 2.05) is 0 Å². The Balaban J connectivity index is 2.58. The highest BCUT2D eigenvalue weighted by atomic mass is 32.1. The number of fused-ring (bicyclic) bond motifs is 1. The first-order valence-electron chi connectivity index (χ1n) is 4.27. The summed E-state index contributed by atoms with van der Waals surface area (Å²) >= 11 is 4.93. The van der Waals surface area contributed by atoms with E-state index in [9.17, 15) is 0 Å². The molecule has 2 aromatic rings. The Morgan fingerprint density at radius 1 is 1.53 bits per heavy atom. The fourth-order valence-electron chi connectivity index (χ4n) is 1.25. The topological polar surface area (TPSA) is 72.5 Å². The first-order valence-corrected chi connectivity index (χ1v) is 4.68. The maximum atomic E-state index is 9.11. The Morgan fingerprint density at radius 2 is 2.33 bits per heavy atom. The number of hydrogen-bond donors (Lipinski definition) is 1. The standard InChI is InChI=1S/C8H9N4O2S/c1-14-4-6-9-8-10-7(15)2-5(3-13)12(8)11-6/h2,13H,3-4H2,1H3. The van der Waals surface area contributed by atoms with Gasteiger partial charge in [0.05, 0.1) is 12.3 Å². The molecule has 2 aromatic heterocycles. The number of hydrogen-bond acceptors (Lipinski definition) is 5. The van der Waals surface area contributed by atoms with E-state index in [2.05, 4.69) is 15.1 Å². The van der Waals surface area contributed by atoms with Gasteiger partial charge in [-0.3, -0.25) is 0 Å². The summed E-state index contributed by atoms with van der Waals surface area (Å²) in [4.78, 5) is 8.13. The average Bonchev–Trinajstić information content (AvgIpc) is 2.59. The van der Waals surface area contributed by atoms with Crippen molar-refractivity contribution in [2.45, 2.75) is 18.2 Å². The number of nitrogens with zero attached hydrogens (tertiary/aromatic N) is 4. The van der Waals surface area contributed by atoms with Crippen LogP contribution in [-0.2, 0) is 18.0 Å². The fourth-order valence-corrected chi connectivity index (χ4v) is 1.47. The molecule has 2 heterocycles. The second-order valence-electron chi connectivity index (χ2n) is 2.92. The molecular weight excluding hydrogens is 216 g/mol. The van der Waals surface area contributed by atoms with Crippen molar-refractivity contribution < 1.29 is 9.84 Å². The van der Waals surface area contributed by atoms with Crippen LogP contribution in [0.15, 0.2) is 11.1 Å². The summed E-state index contributed by atoms with van der Waals surface area (Å²) in [6, 6.07) is 1.59. The van der Waals surface area contributed by atoms with Gasteiger partial charge in [0, 0.05) is 7.11 Å². The summed E-state index contributed by atoms with van der Waals surface area (Å²) in [6.07, 6.45) is 0. The SMILES string of the molecule is COCc1nc2nc([S])cc(CO)n2n1. The van der Waals surface area contributed by atoms with Crippen molar-refractivity contribution >= 4 is 18.4 Å². The Labute approximate surface area is 91.3 Å². The molecule has 0 atom stereocenters. The Hall–Kier alpha value is -1.31. The van der Waals surface area contributed by atoms with Crippen LogP contribution >= 0.6 is 12.6 Å². The number of rotatable bonds is 3. The van der Waals surface area contributed by atoms with Gasteiger partial charge in [-0.05, 0) is 6.07 Å².